The van der Waals surface area contributed by atoms with E-state index in [1.165, 1.54) is 0 Å². The van der Waals surface area contributed by atoms with Crippen molar-refractivity contribution >= 4 is 8.25 Å². The van der Waals surface area contributed by atoms with E-state index < -0.39 is 19.7 Å². The summed E-state index contributed by atoms with van der Waals surface area (Å²) in [6, 6.07) is 0. The van der Waals surface area contributed by atoms with Gasteiger partial charge in [0, 0.05) is 4.57 Å². The molecule has 0 atom stereocenters. The molecule has 0 aromatic carbocycles. The Bertz CT molecular complexity index is 206. The third-order valence-electron chi connectivity index (χ3n) is 2.91. The molecule has 0 aliphatic rings. The standard InChI is InChI=1S/C10H24N2O3P/c1-5-9(11,6-2)14-16(13)15-10(12,7-3)8-4/h5-8,11-12H2,1-4H3/q+1. The van der Waals surface area contributed by atoms with Crippen molar-refractivity contribution < 1.29 is 13.6 Å². The van der Waals surface area contributed by atoms with Crippen LogP contribution in [0.15, 0.2) is 0 Å². The fourth-order valence-electron chi connectivity index (χ4n) is 1.07. The van der Waals surface area contributed by atoms with Crippen LogP contribution in [0.1, 0.15) is 53.4 Å². The third kappa shape index (κ3) is 4.85. The first-order valence-electron chi connectivity index (χ1n) is 5.78. The molecule has 6 heteroatoms. The minimum Gasteiger partial charge on any atom is -0.299 e. The van der Waals surface area contributed by atoms with Gasteiger partial charge in [0.15, 0.2) is 11.4 Å². The lowest BCUT2D eigenvalue weighted by atomic mass is 10.1. The molecule has 0 aliphatic heterocycles. The highest BCUT2D eigenvalue weighted by atomic mass is 31.1. The van der Waals surface area contributed by atoms with Crippen molar-refractivity contribution in [2.75, 3.05) is 0 Å². The Labute approximate surface area is 98.8 Å². The van der Waals surface area contributed by atoms with Gasteiger partial charge in [0.25, 0.3) is 0 Å². The lowest BCUT2D eigenvalue weighted by Crippen LogP contribution is -2.42. The second-order valence-corrected chi connectivity index (χ2v) is 4.76. The average Bonchev–Trinajstić information content (AvgIpc) is 2.28. The van der Waals surface area contributed by atoms with Gasteiger partial charge in [-0.05, 0) is 25.7 Å². The van der Waals surface area contributed by atoms with Crippen LogP contribution in [0, 0.1) is 0 Å². The summed E-state index contributed by atoms with van der Waals surface area (Å²) >= 11 is 0. The van der Waals surface area contributed by atoms with Crippen LogP contribution in [0.2, 0.25) is 0 Å². The zero-order valence-corrected chi connectivity index (χ0v) is 11.5. The first-order chi connectivity index (χ1) is 7.34. The van der Waals surface area contributed by atoms with Crippen molar-refractivity contribution in [2.45, 2.75) is 64.8 Å². The van der Waals surface area contributed by atoms with E-state index in [4.69, 9.17) is 20.5 Å². The summed E-state index contributed by atoms with van der Waals surface area (Å²) in [6.45, 7) is 7.51. The molecule has 16 heavy (non-hydrogen) atoms. The Hall–Kier alpha value is -0.0600. The molecule has 0 bridgehead atoms. The largest absolute Gasteiger partial charge is 0.701 e. The molecule has 0 rings (SSSR count). The van der Waals surface area contributed by atoms with E-state index in [1.54, 1.807) is 0 Å². The Morgan fingerprint density at radius 1 is 0.875 bits per heavy atom. The van der Waals surface area contributed by atoms with E-state index in [-0.39, 0.29) is 0 Å². The fraction of sp³-hybridized carbons (Fsp3) is 1.00. The molecule has 0 amide bonds. The van der Waals surface area contributed by atoms with Gasteiger partial charge in [-0.2, -0.15) is 0 Å². The molecule has 0 fully saturated rings. The smallest absolute Gasteiger partial charge is 0.299 e. The molecular formula is C10H24N2O3P+. The summed E-state index contributed by atoms with van der Waals surface area (Å²) in [5.74, 6) is 0. The van der Waals surface area contributed by atoms with Gasteiger partial charge in [0.1, 0.15) is 0 Å². The van der Waals surface area contributed by atoms with Crippen LogP contribution in [0.25, 0.3) is 0 Å². The molecule has 0 unspecified atom stereocenters. The Morgan fingerprint density at radius 3 is 1.31 bits per heavy atom. The molecule has 4 N–H and O–H groups in total. The van der Waals surface area contributed by atoms with Crippen LogP contribution in [0.5, 0.6) is 0 Å². The summed E-state index contributed by atoms with van der Waals surface area (Å²) < 4.78 is 22.1. The summed E-state index contributed by atoms with van der Waals surface area (Å²) in [5, 5.41) is 0. The van der Waals surface area contributed by atoms with Crippen molar-refractivity contribution in [3.8, 4) is 0 Å². The van der Waals surface area contributed by atoms with Crippen LogP contribution >= 0.6 is 8.25 Å². The molecule has 0 aromatic heterocycles. The maximum Gasteiger partial charge on any atom is 0.701 e. The molecule has 0 saturated carbocycles. The highest BCUT2D eigenvalue weighted by Crippen LogP contribution is 2.37. The van der Waals surface area contributed by atoms with Gasteiger partial charge < -0.3 is 0 Å². The summed E-state index contributed by atoms with van der Waals surface area (Å²) in [5.41, 5.74) is 9.96. The Morgan fingerprint density at radius 2 is 1.12 bits per heavy atom. The second-order valence-electron chi connectivity index (χ2n) is 3.95. The molecule has 0 radical (unpaired) electrons. The highest BCUT2D eigenvalue weighted by Gasteiger charge is 2.41. The summed E-state index contributed by atoms with van der Waals surface area (Å²) in [4.78, 5) is 0. The van der Waals surface area contributed by atoms with Crippen LogP contribution in [0.3, 0.4) is 0 Å². The minimum absolute atomic E-state index is 0.573. The molecule has 5 nitrogen and oxygen atoms in total. The van der Waals surface area contributed by atoms with Crippen LogP contribution in [-0.4, -0.2) is 11.4 Å². The number of hydrogen-bond donors (Lipinski definition) is 2. The van der Waals surface area contributed by atoms with Crippen molar-refractivity contribution in [1.29, 1.82) is 0 Å². The molecular weight excluding hydrogens is 227 g/mol. The summed E-state index contributed by atoms with van der Waals surface area (Å²) in [7, 11) is -2.28. The van der Waals surface area contributed by atoms with Crippen molar-refractivity contribution in [3.63, 3.8) is 0 Å². The van der Waals surface area contributed by atoms with Crippen LogP contribution < -0.4 is 11.5 Å². The van der Waals surface area contributed by atoms with Gasteiger partial charge in [-0.15, -0.1) is 0 Å². The predicted octanol–water partition coefficient (Wildman–Crippen LogP) is 2.63. The number of nitrogens with two attached hydrogens (primary N) is 2. The van der Waals surface area contributed by atoms with Crippen LogP contribution in [0.4, 0.5) is 0 Å². The monoisotopic (exact) mass is 251 g/mol. The van der Waals surface area contributed by atoms with Gasteiger partial charge in [0.05, 0.1) is 0 Å². The first kappa shape index (κ1) is 15.9. The van der Waals surface area contributed by atoms with Gasteiger partial charge >= 0.3 is 8.25 Å². The van der Waals surface area contributed by atoms with Gasteiger partial charge in [-0.3, -0.25) is 11.5 Å². The van der Waals surface area contributed by atoms with E-state index >= 15 is 0 Å². The zero-order chi connectivity index (χ0) is 12.8. The molecule has 0 heterocycles. The van der Waals surface area contributed by atoms with Gasteiger partial charge in [-0.25, -0.2) is 0 Å². The predicted molar refractivity (Wildman–Crippen MR) is 64.8 cm³/mol. The molecule has 0 spiro atoms. The molecule has 96 valence electrons. The van der Waals surface area contributed by atoms with E-state index in [1.807, 2.05) is 27.7 Å². The number of rotatable bonds is 8. The highest BCUT2D eigenvalue weighted by molar-refractivity contribution is 7.33. The van der Waals surface area contributed by atoms with E-state index in [0.29, 0.717) is 25.7 Å². The Kier molecular flexibility index (Phi) is 6.60. The number of hydrogen-bond acceptors (Lipinski definition) is 5. The Balaban J connectivity index is 4.38. The van der Waals surface area contributed by atoms with Gasteiger partial charge in [-0.1, -0.05) is 36.7 Å². The first-order valence-corrected chi connectivity index (χ1v) is 6.87. The molecule has 0 aliphatic carbocycles. The van der Waals surface area contributed by atoms with Crippen molar-refractivity contribution in [1.82, 2.24) is 0 Å². The quantitative estimate of drug-likeness (QED) is 0.511. The van der Waals surface area contributed by atoms with Crippen molar-refractivity contribution in [3.05, 3.63) is 0 Å². The maximum atomic E-state index is 11.7. The topological polar surface area (TPSA) is 87.6 Å². The van der Waals surface area contributed by atoms with Crippen LogP contribution in [-0.2, 0) is 13.6 Å². The SMILES string of the molecule is CCC(N)(CC)O[P+](=O)OC(N)(CC)CC. The van der Waals surface area contributed by atoms with E-state index in [9.17, 15) is 4.57 Å². The fourth-order valence-corrected chi connectivity index (χ4v) is 2.22. The average molecular weight is 251 g/mol. The van der Waals surface area contributed by atoms with Gasteiger partial charge in [0.2, 0.25) is 0 Å². The minimum atomic E-state index is -2.28. The normalized spacial score (nSPS) is 12.9. The third-order valence-corrected chi connectivity index (χ3v) is 3.93. The second kappa shape index (κ2) is 6.62. The van der Waals surface area contributed by atoms with E-state index in [2.05, 4.69) is 0 Å². The summed E-state index contributed by atoms with van der Waals surface area (Å²) in [6.07, 6.45) is 2.29. The lowest BCUT2D eigenvalue weighted by molar-refractivity contribution is 0.00898. The zero-order valence-electron chi connectivity index (χ0n) is 10.7. The molecule has 0 aromatic rings. The van der Waals surface area contributed by atoms with E-state index in [0.717, 1.165) is 0 Å². The lowest BCUT2D eigenvalue weighted by Gasteiger charge is -2.22. The molecule has 0 saturated heterocycles. The maximum absolute atomic E-state index is 11.7. The van der Waals surface area contributed by atoms with Crippen molar-refractivity contribution in [2.24, 2.45) is 11.5 Å².